The van der Waals surface area contributed by atoms with Crippen LogP contribution in [-0.2, 0) is 6.54 Å². The Balaban J connectivity index is 1.27. The van der Waals surface area contributed by atoms with Crippen LogP contribution in [0.25, 0.3) is 10.9 Å². The standard InChI is InChI=1S/C19H18FN7/c20-14-8-13(14)16-9-18(27-26-16)24-17-5-7-22-19(25-17)23-10-11-2-1-3-15-12(11)4-6-21-15/h1-7,9,13-14,21H,8,10H2,(H3,22,23,24,25,26,27)/t13-,14-/m1/s1. The summed E-state index contributed by atoms with van der Waals surface area (Å²) >= 11 is 0. The number of benzene rings is 1. The number of rotatable bonds is 6. The SMILES string of the molecule is F[C@@H]1C[C@H]1c1cc(Nc2ccnc(NCc3cccc4[nH]ccc34)n2)n[nH]1. The molecule has 5 rings (SSSR count). The first-order chi connectivity index (χ1) is 13.3. The number of nitrogens with one attached hydrogen (secondary N) is 4. The van der Waals surface area contributed by atoms with Gasteiger partial charge in [0.05, 0.1) is 0 Å². The van der Waals surface area contributed by atoms with Crippen molar-refractivity contribution in [3.8, 4) is 0 Å². The van der Waals surface area contributed by atoms with Crippen molar-refractivity contribution < 1.29 is 4.39 Å². The number of hydrogen-bond donors (Lipinski definition) is 4. The first kappa shape index (κ1) is 15.8. The van der Waals surface area contributed by atoms with Gasteiger partial charge in [0.2, 0.25) is 5.95 Å². The number of fused-ring (bicyclic) bond motifs is 1. The van der Waals surface area contributed by atoms with Crippen molar-refractivity contribution in [1.82, 2.24) is 25.1 Å². The average molecular weight is 363 g/mol. The second-order valence-corrected chi connectivity index (χ2v) is 6.67. The Morgan fingerprint density at radius 1 is 1.19 bits per heavy atom. The lowest BCUT2D eigenvalue weighted by molar-refractivity contribution is 0.466. The lowest BCUT2D eigenvalue weighted by Gasteiger charge is -2.08. The van der Waals surface area contributed by atoms with Crippen LogP contribution in [0.15, 0.2) is 48.8 Å². The second kappa shape index (κ2) is 6.39. The fraction of sp³-hybridized carbons (Fsp3) is 0.211. The van der Waals surface area contributed by atoms with Crippen LogP contribution < -0.4 is 10.6 Å². The highest BCUT2D eigenvalue weighted by molar-refractivity contribution is 5.83. The van der Waals surface area contributed by atoms with Crippen molar-refractivity contribution in [3.63, 3.8) is 0 Å². The van der Waals surface area contributed by atoms with Gasteiger partial charge in [-0.25, -0.2) is 9.37 Å². The highest BCUT2D eigenvalue weighted by Crippen LogP contribution is 2.43. The van der Waals surface area contributed by atoms with Gasteiger partial charge in [0, 0.05) is 47.5 Å². The summed E-state index contributed by atoms with van der Waals surface area (Å²) in [6.45, 7) is 0.616. The molecule has 0 aliphatic heterocycles. The first-order valence-electron chi connectivity index (χ1n) is 8.84. The molecule has 1 saturated carbocycles. The summed E-state index contributed by atoms with van der Waals surface area (Å²) in [5.41, 5.74) is 3.08. The van der Waals surface area contributed by atoms with Gasteiger partial charge in [0.1, 0.15) is 12.0 Å². The summed E-state index contributed by atoms with van der Waals surface area (Å²) in [6, 6.07) is 11.8. The molecule has 1 aliphatic rings. The van der Waals surface area contributed by atoms with E-state index in [2.05, 4.69) is 47.9 Å². The Labute approximate surface area is 154 Å². The number of hydrogen-bond acceptors (Lipinski definition) is 5. The largest absolute Gasteiger partial charge is 0.361 e. The first-order valence-corrected chi connectivity index (χ1v) is 8.84. The van der Waals surface area contributed by atoms with Gasteiger partial charge in [-0.15, -0.1) is 0 Å². The molecule has 4 N–H and O–H groups in total. The zero-order valence-electron chi connectivity index (χ0n) is 14.4. The van der Waals surface area contributed by atoms with Gasteiger partial charge in [-0.05, 0) is 30.2 Å². The van der Waals surface area contributed by atoms with Gasteiger partial charge in [0.15, 0.2) is 5.82 Å². The highest BCUT2D eigenvalue weighted by atomic mass is 19.1. The quantitative estimate of drug-likeness (QED) is 0.417. The lowest BCUT2D eigenvalue weighted by Crippen LogP contribution is -2.05. The maximum absolute atomic E-state index is 13.2. The van der Waals surface area contributed by atoms with Gasteiger partial charge in [0.25, 0.3) is 0 Å². The molecule has 1 aromatic carbocycles. The van der Waals surface area contributed by atoms with Crippen molar-refractivity contribution in [2.75, 3.05) is 10.6 Å². The fourth-order valence-corrected chi connectivity index (χ4v) is 3.20. The van der Waals surface area contributed by atoms with Crippen molar-refractivity contribution in [1.29, 1.82) is 0 Å². The third-order valence-corrected chi connectivity index (χ3v) is 4.74. The molecule has 0 amide bonds. The van der Waals surface area contributed by atoms with E-state index >= 15 is 0 Å². The van der Waals surface area contributed by atoms with Crippen LogP contribution in [0.1, 0.15) is 23.6 Å². The summed E-state index contributed by atoms with van der Waals surface area (Å²) < 4.78 is 13.2. The summed E-state index contributed by atoms with van der Waals surface area (Å²) in [5, 5.41) is 14.6. The highest BCUT2D eigenvalue weighted by Gasteiger charge is 2.40. The van der Waals surface area contributed by atoms with Gasteiger partial charge < -0.3 is 15.6 Å². The van der Waals surface area contributed by atoms with E-state index in [4.69, 9.17) is 0 Å². The molecule has 7 nitrogen and oxygen atoms in total. The molecule has 3 aromatic heterocycles. The van der Waals surface area contributed by atoms with E-state index in [1.165, 1.54) is 5.39 Å². The van der Waals surface area contributed by atoms with Crippen LogP contribution in [0.4, 0.5) is 22.0 Å². The maximum atomic E-state index is 13.2. The van der Waals surface area contributed by atoms with Crippen molar-refractivity contribution in [2.45, 2.75) is 25.1 Å². The number of H-pyrrole nitrogens is 2. The zero-order chi connectivity index (χ0) is 18.2. The number of anilines is 3. The normalized spacial score (nSPS) is 18.6. The van der Waals surface area contributed by atoms with E-state index in [1.807, 2.05) is 24.4 Å². The molecule has 0 saturated heterocycles. The molecule has 27 heavy (non-hydrogen) atoms. The fourth-order valence-electron chi connectivity index (χ4n) is 3.20. The molecule has 0 radical (unpaired) electrons. The molecule has 8 heteroatoms. The Morgan fingerprint density at radius 2 is 2.11 bits per heavy atom. The van der Waals surface area contributed by atoms with E-state index in [-0.39, 0.29) is 5.92 Å². The number of aromatic amines is 2. The predicted octanol–water partition coefficient (Wildman–Crippen LogP) is 3.86. The summed E-state index contributed by atoms with van der Waals surface area (Å²) in [6.07, 6.45) is 3.43. The van der Waals surface area contributed by atoms with Crippen LogP contribution in [0.3, 0.4) is 0 Å². The minimum Gasteiger partial charge on any atom is -0.361 e. The molecule has 136 valence electrons. The smallest absolute Gasteiger partial charge is 0.224 e. The van der Waals surface area contributed by atoms with E-state index < -0.39 is 6.17 Å². The molecular weight excluding hydrogens is 345 g/mol. The topological polar surface area (TPSA) is 94.3 Å². The predicted molar refractivity (Wildman–Crippen MR) is 102 cm³/mol. The molecule has 1 aliphatic carbocycles. The van der Waals surface area contributed by atoms with Gasteiger partial charge >= 0.3 is 0 Å². The molecule has 0 unspecified atom stereocenters. The molecule has 0 bridgehead atoms. The van der Waals surface area contributed by atoms with Crippen molar-refractivity contribution in [2.24, 2.45) is 0 Å². The van der Waals surface area contributed by atoms with Crippen LogP contribution in [0.2, 0.25) is 0 Å². The van der Waals surface area contributed by atoms with Crippen molar-refractivity contribution in [3.05, 3.63) is 60.0 Å². The number of aromatic nitrogens is 5. The van der Waals surface area contributed by atoms with Gasteiger partial charge in [-0.1, -0.05) is 12.1 Å². The lowest BCUT2D eigenvalue weighted by atomic mass is 10.1. The zero-order valence-corrected chi connectivity index (χ0v) is 14.4. The van der Waals surface area contributed by atoms with Gasteiger partial charge in [-0.3, -0.25) is 5.10 Å². The third-order valence-electron chi connectivity index (χ3n) is 4.74. The minimum absolute atomic E-state index is 0.0492. The summed E-state index contributed by atoms with van der Waals surface area (Å²) in [4.78, 5) is 11.9. The van der Waals surface area contributed by atoms with E-state index in [9.17, 15) is 4.39 Å². The van der Waals surface area contributed by atoms with Crippen molar-refractivity contribution >= 4 is 28.5 Å². The van der Waals surface area contributed by atoms with E-state index in [0.29, 0.717) is 30.5 Å². The molecule has 2 atom stereocenters. The number of halogens is 1. The average Bonchev–Trinajstić information content (AvgIpc) is 3.08. The molecule has 4 aromatic rings. The minimum atomic E-state index is -0.752. The maximum Gasteiger partial charge on any atom is 0.224 e. The van der Waals surface area contributed by atoms with E-state index in [1.54, 1.807) is 12.3 Å². The Bertz CT molecular complexity index is 1090. The molecule has 0 spiro atoms. The summed E-state index contributed by atoms with van der Waals surface area (Å²) in [7, 11) is 0. The van der Waals surface area contributed by atoms with E-state index in [0.717, 1.165) is 16.8 Å². The molecule has 3 heterocycles. The molecule has 1 fully saturated rings. The monoisotopic (exact) mass is 363 g/mol. The Kier molecular flexibility index (Phi) is 3.74. The van der Waals surface area contributed by atoms with Crippen LogP contribution in [0, 0.1) is 0 Å². The Hall–Kier alpha value is -3.42. The van der Waals surface area contributed by atoms with Gasteiger partial charge in [-0.2, -0.15) is 10.1 Å². The second-order valence-electron chi connectivity index (χ2n) is 6.67. The van der Waals surface area contributed by atoms with Crippen LogP contribution in [-0.4, -0.2) is 31.3 Å². The Morgan fingerprint density at radius 3 is 3.00 bits per heavy atom. The summed E-state index contributed by atoms with van der Waals surface area (Å²) in [5.74, 6) is 1.71. The van der Waals surface area contributed by atoms with Crippen LogP contribution >= 0.6 is 0 Å². The molecular formula is C19H18FN7. The number of nitrogens with zero attached hydrogens (tertiary/aromatic N) is 3. The number of alkyl halides is 1. The van der Waals surface area contributed by atoms with Crippen LogP contribution in [0.5, 0.6) is 0 Å². The third kappa shape index (κ3) is 3.21.